The van der Waals surface area contributed by atoms with Gasteiger partial charge < -0.3 is 10.6 Å². The van der Waals surface area contributed by atoms with Crippen molar-refractivity contribution in [2.75, 3.05) is 5.32 Å². The zero-order chi connectivity index (χ0) is 23.3. The second kappa shape index (κ2) is 8.14. The van der Waals surface area contributed by atoms with E-state index in [1.807, 2.05) is 30.7 Å². The highest BCUT2D eigenvalue weighted by Gasteiger charge is 2.43. The Kier molecular flexibility index (Phi) is 5.27. The highest BCUT2D eigenvalue weighted by Crippen LogP contribution is 2.45. The number of halogens is 1. The normalized spacial score (nSPS) is 20.7. The fourth-order valence-electron chi connectivity index (χ4n) is 4.83. The van der Waals surface area contributed by atoms with E-state index in [0.717, 1.165) is 35.2 Å². The number of hydrogen-bond acceptors (Lipinski definition) is 3. The second-order valence-corrected chi connectivity index (χ2v) is 9.21. The Morgan fingerprint density at radius 2 is 1.91 bits per heavy atom. The summed E-state index contributed by atoms with van der Waals surface area (Å²) in [5.74, 6) is -0.244. The summed E-state index contributed by atoms with van der Waals surface area (Å²) in [4.78, 5) is 26.4. The zero-order valence-corrected chi connectivity index (χ0v) is 18.9. The van der Waals surface area contributed by atoms with Crippen molar-refractivity contribution in [3.8, 4) is 0 Å². The molecule has 2 heterocycles. The summed E-state index contributed by atoms with van der Waals surface area (Å²) in [6.45, 7) is 5.95. The number of nitrogens with zero attached hydrogens (tertiary/aromatic N) is 2. The van der Waals surface area contributed by atoms with Gasteiger partial charge in [-0.3, -0.25) is 9.59 Å². The minimum Gasteiger partial charge on any atom is -0.339 e. The van der Waals surface area contributed by atoms with Gasteiger partial charge in [-0.15, -0.1) is 0 Å². The fourth-order valence-corrected chi connectivity index (χ4v) is 4.83. The number of carbonyl (C=O) groups is 2. The molecule has 1 aliphatic heterocycles. The van der Waals surface area contributed by atoms with Crippen LogP contribution in [0.25, 0.3) is 0 Å². The minimum absolute atomic E-state index is 0.167. The van der Waals surface area contributed by atoms with Gasteiger partial charge in [0.05, 0.1) is 11.7 Å². The van der Waals surface area contributed by atoms with Crippen molar-refractivity contribution < 1.29 is 14.0 Å². The number of hydrogen-bond donors (Lipinski definition) is 2. The first-order valence-corrected chi connectivity index (χ1v) is 11.4. The molecular formula is C26H27FN4O2. The summed E-state index contributed by atoms with van der Waals surface area (Å²) in [7, 11) is 0. The molecule has 1 fully saturated rings. The van der Waals surface area contributed by atoms with E-state index in [4.69, 9.17) is 5.10 Å². The summed E-state index contributed by atoms with van der Waals surface area (Å²) in [5.41, 5.74) is 3.86. The van der Waals surface area contributed by atoms with Gasteiger partial charge in [0.1, 0.15) is 17.7 Å². The van der Waals surface area contributed by atoms with E-state index in [1.165, 1.54) is 12.1 Å². The van der Waals surface area contributed by atoms with Gasteiger partial charge in [-0.05, 0) is 69.4 Å². The minimum atomic E-state index is -0.858. The second-order valence-electron chi connectivity index (χ2n) is 9.21. The molecule has 7 heteroatoms. The van der Waals surface area contributed by atoms with Gasteiger partial charge in [-0.25, -0.2) is 9.07 Å². The molecule has 6 nitrogen and oxygen atoms in total. The van der Waals surface area contributed by atoms with Crippen LogP contribution in [0.3, 0.4) is 0 Å². The van der Waals surface area contributed by atoms with Crippen LogP contribution in [-0.4, -0.2) is 27.6 Å². The molecule has 2 N–H and O–H groups in total. The Morgan fingerprint density at radius 3 is 2.58 bits per heavy atom. The summed E-state index contributed by atoms with van der Waals surface area (Å²) < 4.78 is 15.6. The molecule has 2 aromatic carbocycles. The number of aryl methyl sites for hydroxylation is 2. The van der Waals surface area contributed by atoms with E-state index in [0.29, 0.717) is 17.3 Å². The molecule has 1 unspecified atom stereocenters. The molecule has 2 amide bonds. The summed E-state index contributed by atoms with van der Waals surface area (Å²) in [5, 5.41) is 10.7. The van der Waals surface area contributed by atoms with Crippen LogP contribution in [0.5, 0.6) is 0 Å². The van der Waals surface area contributed by atoms with Gasteiger partial charge in [-0.2, -0.15) is 5.10 Å². The van der Waals surface area contributed by atoms with Gasteiger partial charge in [0.15, 0.2) is 0 Å². The number of carbonyl (C=O) groups excluding carboxylic acids is 2. The first-order chi connectivity index (χ1) is 15.8. The first kappa shape index (κ1) is 21.4. The van der Waals surface area contributed by atoms with Crippen molar-refractivity contribution in [2.24, 2.45) is 5.92 Å². The van der Waals surface area contributed by atoms with Crippen molar-refractivity contribution in [1.29, 1.82) is 0 Å². The molecule has 1 saturated carbocycles. The van der Waals surface area contributed by atoms with E-state index in [-0.39, 0.29) is 23.7 Å². The highest BCUT2D eigenvalue weighted by molar-refractivity contribution is 6.04. The van der Waals surface area contributed by atoms with Crippen LogP contribution in [-0.2, 0) is 4.79 Å². The number of anilines is 1. The largest absolute Gasteiger partial charge is 0.339 e. The van der Waals surface area contributed by atoms with Crippen molar-refractivity contribution in [3.63, 3.8) is 0 Å². The standard InChI is InChI=1S/C26H27FN4O2/c1-14-5-4-6-19(13-14)25(32)28-23-22(18-9-11-20(27)12-10-18)21-15(2)30-31(16(3)17-7-8-17)24(21)29-26(23)33/h4-6,9-13,16-17,22-23H,7-8H2,1-3H3,(H,28,32)(H,29,33)/t16?,22-,23-/m0/s1. The molecule has 170 valence electrons. The molecule has 5 rings (SSSR count). The van der Waals surface area contributed by atoms with Crippen molar-refractivity contribution in [1.82, 2.24) is 15.1 Å². The summed E-state index contributed by atoms with van der Waals surface area (Å²) in [6, 6.07) is 12.7. The molecule has 1 aliphatic carbocycles. The maximum Gasteiger partial charge on any atom is 0.251 e. The molecule has 3 aromatic rings. The summed E-state index contributed by atoms with van der Waals surface area (Å²) in [6.07, 6.45) is 2.30. The van der Waals surface area contributed by atoms with Crippen LogP contribution >= 0.6 is 0 Å². The third-order valence-corrected chi connectivity index (χ3v) is 6.79. The average Bonchev–Trinajstić information content (AvgIpc) is 3.59. The number of aromatic nitrogens is 2. The van der Waals surface area contributed by atoms with Crippen LogP contribution in [0, 0.1) is 25.6 Å². The molecule has 0 saturated heterocycles. The predicted molar refractivity (Wildman–Crippen MR) is 124 cm³/mol. The molecule has 0 spiro atoms. The van der Waals surface area contributed by atoms with Crippen LogP contribution in [0.2, 0.25) is 0 Å². The average molecular weight is 447 g/mol. The lowest BCUT2D eigenvalue weighted by molar-refractivity contribution is -0.118. The maximum absolute atomic E-state index is 13.7. The van der Waals surface area contributed by atoms with Gasteiger partial charge in [0.2, 0.25) is 5.91 Å². The number of rotatable bonds is 5. The van der Waals surface area contributed by atoms with Crippen LogP contribution in [0.4, 0.5) is 10.2 Å². The Morgan fingerprint density at radius 1 is 1.18 bits per heavy atom. The van der Waals surface area contributed by atoms with Crippen molar-refractivity contribution >= 4 is 17.6 Å². The van der Waals surface area contributed by atoms with E-state index in [2.05, 4.69) is 17.6 Å². The van der Waals surface area contributed by atoms with E-state index < -0.39 is 12.0 Å². The molecule has 0 bridgehead atoms. The third-order valence-electron chi connectivity index (χ3n) is 6.79. The zero-order valence-electron chi connectivity index (χ0n) is 18.9. The van der Waals surface area contributed by atoms with Gasteiger partial charge in [-0.1, -0.05) is 29.8 Å². The third kappa shape index (κ3) is 3.92. The Bertz CT molecular complexity index is 1230. The molecule has 0 radical (unpaired) electrons. The van der Waals surface area contributed by atoms with Gasteiger partial charge in [0, 0.05) is 17.0 Å². The van der Waals surface area contributed by atoms with E-state index in [1.54, 1.807) is 24.3 Å². The van der Waals surface area contributed by atoms with Crippen LogP contribution < -0.4 is 10.6 Å². The van der Waals surface area contributed by atoms with E-state index in [9.17, 15) is 14.0 Å². The molecular weight excluding hydrogens is 419 g/mol. The number of nitrogens with one attached hydrogen (secondary N) is 2. The highest BCUT2D eigenvalue weighted by atomic mass is 19.1. The van der Waals surface area contributed by atoms with Gasteiger partial charge in [0.25, 0.3) is 5.91 Å². The monoisotopic (exact) mass is 446 g/mol. The number of benzene rings is 2. The topological polar surface area (TPSA) is 76.0 Å². The molecule has 3 atom stereocenters. The Balaban J connectivity index is 1.58. The predicted octanol–water partition coefficient (Wildman–Crippen LogP) is 4.49. The van der Waals surface area contributed by atoms with Crippen LogP contribution in [0.1, 0.15) is 64.5 Å². The first-order valence-electron chi connectivity index (χ1n) is 11.4. The fraction of sp³-hybridized carbons (Fsp3) is 0.346. The van der Waals surface area contributed by atoms with Crippen LogP contribution in [0.15, 0.2) is 48.5 Å². The molecule has 2 aliphatic rings. The summed E-state index contributed by atoms with van der Waals surface area (Å²) >= 11 is 0. The Labute approximate surface area is 192 Å². The smallest absolute Gasteiger partial charge is 0.251 e. The molecule has 1 aromatic heterocycles. The van der Waals surface area contributed by atoms with Crippen molar-refractivity contribution in [2.45, 2.75) is 51.6 Å². The number of amides is 2. The lowest BCUT2D eigenvalue weighted by Gasteiger charge is -2.33. The van der Waals surface area contributed by atoms with Crippen molar-refractivity contribution in [3.05, 3.63) is 82.3 Å². The Hall–Kier alpha value is -3.48. The molecule has 33 heavy (non-hydrogen) atoms. The SMILES string of the molecule is Cc1cccc(C(=O)N[C@@H]2C(=O)Nc3c(c(C)nn3C(C)C3CC3)[C@@H]2c2ccc(F)cc2)c1. The van der Waals surface area contributed by atoms with Gasteiger partial charge >= 0.3 is 0 Å². The number of fused-ring (bicyclic) bond motifs is 1. The maximum atomic E-state index is 13.7. The lowest BCUT2D eigenvalue weighted by Crippen LogP contribution is -2.50. The lowest BCUT2D eigenvalue weighted by atomic mass is 9.81. The quantitative estimate of drug-likeness (QED) is 0.606. The van der Waals surface area contributed by atoms with E-state index >= 15 is 0 Å².